The van der Waals surface area contributed by atoms with Crippen molar-refractivity contribution in [3.8, 4) is 0 Å². The number of carboxylic acid groups (broad SMARTS) is 1. The fourth-order valence-corrected chi connectivity index (χ4v) is 2.54. The highest BCUT2D eigenvalue weighted by Gasteiger charge is 2.34. The molecule has 2 unspecified atom stereocenters. The van der Waals surface area contributed by atoms with Gasteiger partial charge in [-0.3, -0.25) is 9.59 Å². The van der Waals surface area contributed by atoms with Crippen LogP contribution < -0.4 is 11.1 Å². The zero-order valence-corrected chi connectivity index (χ0v) is 10.8. The molecule has 2 atom stereocenters. The fraction of sp³-hybridized carbons (Fsp3) is 0.429. The van der Waals surface area contributed by atoms with Gasteiger partial charge in [0, 0.05) is 11.7 Å². The number of aryl methyl sites for hydroxylation is 1. The molecule has 102 valence electrons. The Balaban J connectivity index is 2.12. The number of amides is 1. The number of nitrogen functional groups attached to an aromatic ring is 1. The van der Waals surface area contributed by atoms with Gasteiger partial charge in [-0.05, 0) is 31.9 Å². The maximum atomic E-state index is 12.2. The molecule has 2 rings (SSSR count). The molecule has 0 heterocycles. The Kier molecular flexibility index (Phi) is 3.74. The summed E-state index contributed by atoms with van der Waals surface area (Å²) < 4.78 is 0. The van der Waals surface area contributed by atoms with Crippen LogP contribution >= 0.6 is 0 Å². The summed E-state index contributed by atoms with van der Waals surface area (Å²) in [7, 11) is 0. The van der Waals surface area contributed by atoms with E-state index in [1.807, 2.05) is 13.0 Å². The number of rotatable bonds is 3. The number of aliphatic carboxylic acids is 1. The largest absolute Gasteiger partial charge is 0.481 e. The molecule has 5 heteroatoms. The molecule has 0 radical (unpaired) electrons. The number of nitrogens with two attached hydrogens (primary N) is 1. The van der Waals surface area contributed by atoms with Gasteiger partial charge in [0.25, 0.3) is 5.91 Å². The van der Waals surface area contributed by atoms with Gasteiger partial charge >= 0.3 is 5.97 Å². The summed E-state index contributed by atoms with van der Waals surface area (Å²) in [6.07, 6.45) is 2.14. The highest BCUT2D eigenvalue weighted by Crippen LogP contribution is 2.26. The fourth-order valence-electron chi connectivity index (χ4n) is 2.54. The summed E-state index contributed by atoms with van der Waals surface area (Å²) in [5.74, 6) is -1.63. The molecule has 1 aliphatic carbocycles. The minimum atomic E-state index is -0.847. The maximum Gasteiger partial charge on any atom is 0.308 e. The van der Waals surface area contributed by atoms with Crippen molar-refractivity contribution in [1.82, 2.24) is 5.32 Å². The van der Waals surface area contributed by atoms with Gasteiger partial charge in [0.1, 0.15) is 0 Å². The highest BCUT2D eigenvalue weighted by molar-refractivity contribution is 5.99. The zero-order valence-electron chi connectivity index (χ0n) is 10.8. The monoisotopic (exact) mass is 262 g/mol. The van der Waals surface area contributed by atoms with Crippen LogP contribution in [-0.2, 0) is 4.79 Å². The quantitative estimate of drug-likeness (QED) is 0.721. The molecule has 1 amide bonds. The van der Waals surface area contributed by atoms with Gasteiger partial charge < -0.3 is 16.2 Å². The van der Waals surface area contributed by atoms with E-state index >= 15 is 0 Å². The lowest BCUT2D eigenvalue weighted by atomic mass is 10.0. The molecule has 1 aromatic rings. The lowest BCUT2D eigenvalue weighted by molar-refractivity contribution is -0.142. The van der Waals surface area contributed by atoms with E-state index < -0.39 is 11.9 Å². The van der Waals surface area contributed by atoms with Crippen LogP contribution in [0.5, 0.6) is 0 Å². The van der Waals surface area contributed by atoms with Gasteiger partial charge in [0.05, 0.1) is 11.5 Å². The Labute approximate surface area is 111 Å². The number of carbonyl (C=O) groups excluding carboxylic acids is 1. The van der Waals surface area contributed by atoms with E-state index in [1.165, 1.54) is 0 Å². The summed E-state index contributed by atoms with van der Waals surface area (Å²) in [5.41, 5.74) is 7.55. The van der Waals surface area contributed by atoms with E-state index in [2.05, 4.69) is 5.32 Å². The first kappa shape index (κ1) is 13.4. The number of hydrogen-bond acceptors (Lipinski definition) is 3. The average molecular weight is 262 g/mol. The third-order valence-electron chi connectivity index (χ3n) is 3.60. The van der Waals surface area contributed by atoms with Crippen LogP contribution in [0.15, 0.2) is 18.2 Å². The lowest BCUT2D eigenvalue weighted by Crippen LogP contribution is -2.40. The van der Waals surface area contributed by atoms with E-state index in [0.29, 0.717) is 24.1 Å². The number of anilines is 1. The smallest absolute Gasteiger partial charge is 0.308 e. The third-order valence-corrected chi connectivity index (χ3v) is 3.60. The zero-order chi connectivity index (χ0) is 14.0. The number of hydrogen-bond donors (Lipinski definition) is 3. The summed E-state index contributed by atoms with van der Waals surface area (Å²) in [6.45, 7) is 1.88. The Bertz CT molecular complexity index is 513. The van der Waals surface area contributed by atoms with E-state index in [9.17, 15) is 9.59 Å². The molecule has 1 aliphatic rings. The van der Waals surface area contributed by atoms with Gasteiger partial charge in [0.15, 0.2) is 0 Å². The second kappa shape index (κ2) is 5.30. The van der Waals surface area contributed by atoms with E-state index in [-0.39, 0.29) is 11.9 Å². The predicted molar refractivity (Wildman–Crippen MR) is 71.8 cm³/mol. The summed E-state index contributed by atoms with van der Waals surface area (Å²) >= 11 is 0. The number of nitrogens with one attached hydrogen (secondary N) is 1. The van der Waals surface area contributed by atoms with E-state index in [1.54, 1.807) is 12.1 Å². The van der Waals surface area contributed by atoms with Crippen LogP contribution in [0.4, 0.5) is 5.69 Å². The van der Waals surface area contributed by atoms with Crippen LogP contribution in [0.2, 0.25) is 0 Å². The van der Waals surface area contributed by atoms with Crippen molar-refractivity contribution in [3.63, 3.8) is 0 Å². The van der Waals surface area contributed by atoms with Gasteiger partial charge in [-0.15, -0.1) is 0 Å². The van der Waals surface area contributed by atoms with Crippen molar-refractivity contribution in [2.45, 2.75) is 32.2 Å². The second-order valence-corrected chi connectivity index (χ2v) is 5.05. The number of benzene rings is 1. The van der Waals surface area contributed by atoms with Crippen LogP contribution in [0, 0.1) is 12.8 Å². The molecule has 0 bridgehead atoms. The molecule has 4 N–H and O–H groups in total. The molecule has 19 heavy (non-hydrogen) atoms. The van der Waals surface area contributed by atoms with Gasteiger partial charge in [-0.25, -0.2) is 0 Å². The molecule has 1 fully saturated rings. The average Bonchev–Trinajstić information content (AvgIpc) is 2.80. The normalized spacial score (nSPS) is 22.2. The second-order valence-electron chi connectivity index (χ2n) is 5.05. The minimum Gasteiger partial charge on any atom is -0.481 e. The van der Waals surface area contributed by atoms with Crippen molar-refractivity contribution >= 4 is 17.6 Å². The van der Waals surface area contributed by atoms with Crippen molar-refractivity contribution in [2.75, 3.05) is 5.73 Å². The van der Waals surface area contributed by atoms with Crippen LogP contribution in [0.3, 0.4) is 0 Å². The Morgan fingerprint density at radius 1 is 1.37 bits per heavy atom. The number of carboxylic acids is 1. The molecular formula is C14H18N2O3. The molecule has 1 aromatic carbocycles. The minimum absolute atomic E-state index is 0.292. The predicted octanol–water partition coefficient (Wildman–Crippen LogP) is 1.56. The first-order valence-electron chi connectivity index (χ1n) is 6.39. The molecule has 0 aromatic heterocycles. The SMILES string of the molecule is Cc1ccc(N)c(C(=O)NC2CCCC2C(=O)O)c1. The van der Waals surface area contributed by atoms with Crippen molar-refractivity contribution in [3.05, 3.63) is 29.3 Å². The summed E-state index contributed by atoms with van der Waals surface area (Å²) in [4.78, 5) is 23.2. The summed E-state index contributed by atoms with van der Waals surface area (Å²) in [6, 6.07) is 4.94. The first-order chi connectivity index (χ1) is 8.99. The van der Waals surface area contributed by atoms with Crippen LogP contribution in [0.25, 0.3) is 0 Å². The van der Waals surface area contributed by atoms with Crippen LogP contribution in [0.1, 0.15) is 35.2 Å². The molecule has 0 aliphatic heterocycles. The maximum absolute atomic E-state index is 12.2. The molecular weight excluding hydrogens is 244 g/mol. The third kappa shape index (κ3) is 2.86. The Morgan fingerprint density at radius 2 is 2.11 bits per heavy atom. The van der Waals surface area contributed by atoms with E-state index in [4.69, 9.17) is 10.8 Å². The number of carbonyl (C=O) groups is 2. The van der Waals surface area contributed by atoms with Gasteiger partial charge in [-0.2, -0.15) is 0 Å². The molecule has 0 saturated heterocycles. The molecule has 0 spiro atoms. The Hall–Kier alpha value is -2.04. The standard InChI is InChI=1S/C14H18N2O3/c1-8-5-6-11(15)10(7-8)13(17)16-12-4-2-3-9(12)14(18)19/h5-7,9,12H,2-4,15H2,1H3,(H,16,17)(H,18,19). The summed E-state index contributed by atoms with van der Waals surface area (Å²) in [5, 5.41) is 11.9. The van der Waals surface area contributed by atoms with Crippen LogP contribution in [-0.4, -0.2) is 23.0 Å². The topological polar surface area (TPSA) is 92.4 Å². The van der Waals surface area contributed by atoms with Crippen molar-refractivity contribution in [1.29, 1.82) is 0 Å². The molecule has 1 saturated carbocycles. The van der Waals surface area contributed by atoms with E-state index in [0.717, 1.165) is 12.0 Å². The first-order valence-corrected chi connectivity index (χ1v) is 6.39. The van der Waals surface area contributed by atoms with Gasteiger partial charge in [0.2, 0.25) is 0 Å². The van der Waals surface area contributed by atoms with Gasteiger partial charge in [-0.1, -0.05) is 18.1 Å². The lowest BCUT2D eigenvalue weighted by Gasteiger charge is -2.18. The van der Waals surface area contributed by atoms with Crippen molar-refractivity contribution in [2.24, 2.45) is 5.92 Å². The highest BCUT2D eigenvalue weighted by atomic mass is 16.4. The molecule has 5 nitrogen and oxygen atoms in total. The Morgan fingerprint density at radius 3 is 2.79 bits per heavy atom. The van der Waals surface area contributed by atoms with Crippen molar-refractivity contribution < 1.29 is 14.7 Å².